The lowest BCUT2D eigenvalue weighted by Crippen LogP contribution is -2.31. The SMILES string of the molecule is NC1CC1NC(=O)c1c(F)cccc1F. The molecule has 1 aromatic rings. The van der Waals surface area contributed by atoms with Gasteiger partial charge in [-0.3, -0.25) is 4.79 Å². The van der Waals surface area contributed by atoms with Gasteiger partial charge in [-0.1, -0.05) is 6.07 Å². The molecule has 1 aliphatic rings. The van der Waals surface area contributed by atoms with Crippen LogP contribution in [-0.4, -0.2) is 18.0 Å². The quantitative estimate of drug-likeness (QED) is 0.761. The molecule has 1 aliphatic carbocycles. The number of nitrogens with two attached hydrogens (primary N) is 1. The summed E-state index contributed by atoms with van der Waals surface area (Å²) in [6, 6.07) is 3.06. The molecular formula is C10H10F2N2O. The normalized spacial score (nSPS) is 23.7. The highest BCUT2D eigenvalue weighted by atomic mass is 19.1. The minimum Gasteiger partial charge on any atom is -0.347 e. The average Bonchev–Trinajstić information content (AvgIpc) is 2.81. The highest BCUT2D eigenvalue weighted by Gasteiger charge is 2.35. The molecule has 0 heterocycles. The van der Waals surface area contributed by atoms with E-state index in [1.807, 2.05) is 0 Å². The Kier molecular flexibility index (Phi) is 2.40. The van der Waals surface area contributed by atoms with E-state index in [9.17, 15) is 13.6 Å². The number of hydrogen-bond donors (Lipinski definition) is 2. The number of nitrogens with one attached hydrogen (secondary N) is 1. The summed E-state index contributed by atoms with van der Waals surface area (Å²) in [5.74, 6) is -2.47. The average molecular weight is 212 g/mol. The molecule has 1 saturated carbocycles. The molecule has 2 atom stereocenters. The van der Waals surface area contributed by atoms with Crippen molar-refractivity contribution in [3.05, 3.63) is 35.4 Å². The summed E-state index contributed by atoms with van der Waals surface area (Å²) in [6.45, 7) is 0. The maximum absolute atomic E-state index is 13.1. The third-order valence-corrected chi connectivity index (χ3v) is 2.35. The van der Waals surface area contributed by atoms with Crippen LogP contribution in [0.25, 0.3) is 0 Å². The number of carbonyl (C=O) groups is 1. The molecule has 3 nitrogen and oxygen atoms in total. The number of amides is 1. The van der Waals surface area contributed by atoms with Crippen LogP contribution in [0.3, 0.4) is 0 Å². The molecule has 3 N–H and O–H groups in total. The van der Waals surface area contributed by atoms with Gasteiger partial charge in [-0.2, -0.15) is 0 Å². The topological polar surface area (TPSA) is 55.1 Å². The summed E-state index contributed by atoms with van der Waals surface area (Å²) in [5.41, 5.74) is 4.92. The van der Waals surface area contributed by atoms with E-state index in [1.165, 1.54) is 6.07 Å². The Hall–Kier alpha value is -1.49. The smallest absolute Gasteiger partial charge is 0.257 e. The molecule has 2 unspecified atom stereocenters. The molecule has 0 spiro atoms. The molecule has 5 heteroatoms. The van der Waals surface area contributed by atoms with Gasteiger partial charge in [0.1, 0.15) is 17.2 Å². The minimum absolute atomic E-state index is 0.0937. The van der Waals surface area contributed by atoms with E-state index in [4.69, 9.17) is 5.73 Å². The zero-order chi connectivity index (χ0) is 11.0. The summed E-state index contributed by atoms with van der Waals surface area (Å²) < 4.78 is 26.3. The Morgan fingerprint density at radius 3 is 2.40 bits per heavy atom. The van der Waals surface area contributed by atoms with Gasteiger partial charge in [-0.05, 0) is 18.6 Å². The molecule has 1 fully saturated rings. The molecule has 1 amide bonds. The Labute approximate surface area is 85.3 Å². The van der Waals surface area contributed by atoms with Crippen LogP contribution < -0.4 is 11.1 Å². The lowest BCUT2D eigenvalue weighted by Gasteiger charge is -2.05. The molecule has 0 aromatic heterocycles. The summed E-state index contributed by atoms with van der Waals surface area (Å²) in [4.78, 5) is 11.4. The fourth-order valence-electron chi connectivity index (χ4n) is 1.34. The largest absolute Gasteiger partial charge is 0.347 e. The Balaban J connectivity index is 2.17. The first-order valence-corrected chi connectivity index (χ1v) is 4.60. The maximum Gasteiger partial charge on any atom is 0.257 e. The van der Waals surface area contributed by atoms with E-state index in [-0.39, 0.29) is 12.1 Å². The highest BCUT2D eigenvalue weighted by Crippen LogP contribution is 2.19. The molecule has 0 bridgehead atoms. The van der Waals surface area contributed by atoms with Crippen LogP contribution in [-0.2, 0) is 0 Å². The molecule has 15 heavy (non-hydrogen) atoms. The van der Waals surface area contributed by atoms with Gasteiger partial charge in [0.2, 0.25) is 0 Å². The Morgan fingerprint density at radius 2 is 1.93 bits per heavy atom. The summed E-state index contributed by atoms with van der Waals surface area (Å²) in [5, 5.41) is 2.46. The molecule has 80 valence electrons. The van der Waals surface area contributed by atoms with Gasteiger partial charge < -0.3 is 11.1 Å². The predicted molar refractivity (Wildman–Crippen MR) is 50.2 cm³/mol. The third kappa shape index (κ3) is 1.97. The summed E-state index contributed by atoms with van der Waals surface area (Å²) in [7, 11) is 0. The molecule has 0 radical (unpaired) electrons. The van der Waals surface area contributed by atoms with E-state index in [0.717, 1.165) is 12.1 Å². The first-order chi connectivity index (χ1) is 7.09. The van der Waals surface area contributed by atoms with Gasteiger partial charge in [-0.25, -0.2) is 8.78 Å². The lowest BCUT2D eigenvalue weighted by atomic mass is 10.2. The van der Waals surface area contributed by atoms with Crippen molar-refractivity contribution in [2.24, 2.45) is 5.73 Å². The van der Waals surface area contributed by atoms with Crippen LogP contribution in [0.1, 0.15) is 16.8 Å². The van der Waals surface area contributed by atoms with Crippen molar-refractivity contribution in [2.45, 2.75) is 18.5 Å². The maximum atomic E-state index is 13.1. The predicted octanol–water partition coefficient (Wildman–Crippen LogP) is 0.794. The monoisotopic (exact) mass is 212 g/mol. The minimum atomic E-state index is -0.860. The van der Waals surface area contributed by atoms with Crippen LogP contribution in [0.5, 0.6) is 0 Å². The van der Waals surface area contributed by atoms with Crippen molar-refractivity contribution in [3.63, 3.8) is 0 Å². The summed E-state index contributed by atoms with van der Waals surface area (Å²) >= 11 is 0. The second-order valence-electron chi connectivity index (χ2n) is 3.58. The van der Waals surface area contributed by atoms with Gasteiger partial charge in [0, 0.05) is 12.1 Å². The van der Waals surface area contributed by atoms with Crippen molar-refractivity contribution >= 4 is 5.91 Å². The zero-order valence-corrected chi connectivity index (χ0v) is 7.84. The van der Waals surface area contributed by atoms with Gasteiger partial charge in [0.05, 0.1) is 0 Å². The summed E-state index contributed by atoms with van der Waals surface area (Å²) in [6.07, 6.45) is 0.655. The van der Waals surface area contributed by atoms with Gasteiger partial charge in [0.15, 0.2) is 0 Å². The van der Waals surface area contributed by atoms with Crippen LogP contribution in [0.4, 0.5) is 8.78 Å². The van der Waals surface area contributed by atoms with Crippen molar-refractivity contribution < 1.29 is 13.6 Å². The third-order valence-electron chi connectivity index (χ3n) is 2.35. The van der Waals surface area contributed by atoms with E-state index < -0.39 is 23.1 Å². The first-order valence-electron chi connectivity index (χ1n) is 4.60. The Bertz CT molecular complexity index is 388. The van der Waals surface area contributed by atoms with Gasteiger partial charge >= 0.3 is 0 Å². The molecule has 0 aliphatic heterocycles. The number of carbonyl (C=O) groups excluding carboxylic acids is 1. The number of halogens is 2. The highest BCUT2D eigenvalue weighted by molar-refractivity contribution is 5.95. The first kappa shape index (κ1) is 10.0. The standard InChI is InChI=1S/C10H10F2N2O/c11-5-2-1-3-6(12)9(5)10(15)14-8-4-7(8)13/h1-3,7-8H,4,13H2,(H,14,15). The van der Waals surface area contributed by atoms with Crippen LogP contribution in [0, 0.1) is 11.6 Å². The fourth-order valence-corrected chi connectivity index (χ4v) is 1.34. The fraction of sp³-hybridized carbons (Fsp3) is 0.300. The van der Waals surface area contributed by atoms with E-state index in [0.29, 0.717) is 6.42 Å². The van der Waals surface area contributed by atoms with Gasteiger partial charge in [-0.15, -0.1) is 0 Å². The second-order valence-corrected chi connectivity index (χ2v) is 3.58. The van der Waals surface area contributed by atoms with E-state index in [2.05, 4.69) is 5.32 Å². The van der Waals surface area contributed by atoms with E-state index in [1.54, 1.807) is 0 Å². The van der Waals surface area contributed by atoms with Crippen LogP contribution in [0.15, 0.2) is 18.2 Å². The molecule has 2 rings (SSSR count). The van der Waals surface area contributed by atoms with Crippen molar-refractivity contribution in [1.29, 1.82) is 0 Å². The Morgan fingerprint density at radius 1 is 1.40 bits per heavy atom. The van der Waals surface area contributed by atoms with Crippen LogP contribution in [0.2, 0.25) is 0 Å². The van der Waals surface area contributed by atoms with Crippen LogP contribution >= 0.6 is 0 Å². The number of benzene rings is 1. The van der Waals surface area contributed by atoms with E-state index >= 15 is 0 Å². The number of rotatable bonds is 2. The second kappa shape index (κ2) is 3.58. The molecule has 1 aromatic carbocycles. The van der Waals surface area contributed by atoms with Crippen molar-refractivity contribution in [1.82, 2.24) is 5.32 Å². The van der Waals surface area contributed by atoms with Gasteiger partial charge in [0.25, 0.3) is 5.91 Å². The lowest BCUT2D eigenvalue weighted by molar-refractivity contribution is 0.0942. The molecular weight excluding hydrogens is 202 g/mol. The van der Waals surface area contributed by atoms with Crippen molar-refractivity contribution in [2.75, 3.05) is 0 Å². The molecule has 0 saturated heterocycles. The van der Waals surface area contributed by atoms with Crippen molar-refractivity contribution in [3.8, 4) is 0 Å². The number of hydrogen-bond acceptors (Lipinski definition) is 2. The zero-order valence-electron chi connectivity index (χ0n) is 7.84.